The van der Waals surface area contributed by atoms with Crippen LogP contribution in [0.15, 0.2) is 23.4 Å². The Kier molecular flexibility index (Phi) is 2.31. The Balaban J connectivity index is 2.07. The van der Waals surface area contributed by atoms with E-state index in [1.165, 1.54) is 19.2 Å². The van der Waals surface area contributed by atoms with E-state index in [9.17, 15) is 4.79 Å². The first-order chi connectivity index (χ1) is 7.75. The van der Waals surface area contributed by atoms with Crippen molar-refractivity contribution in [2.24, 2.45) is 0 Å². The highest BCUT2D eigenvalue weighted by Gasteiger charge is 2.26. The predicted molar refractivity (Wildman–Crippen MR) is 66.7 cm³/mol. The molecule has 0 aliphatic heterocycles. The van der Waals surface area contributed by atoms with Gasteiger partial charge in [-0.1, -0.05) is 0 Å². The van der Waals surface area contributed by atoms with Crippen molar-refractivity contribution in [3.63, 3.8) is 0 Å². The van der Waals surface area contributed by atoms with Crippen molar-refractivity contribution in [2.75, 3.05) is 0 Å². The molecular weight excluding hydrogens is 319 g/mol. The van der Waals surface area contributed by atoms with Gasteiger partial charge in [-0.05, 0) is 41.5 Å². The van der Waals surface area contributed by atoms with Gasteiger partial charge in [-0.2, -0.15) is 5.10 Å². The van der Waals surface area contributed by atoms with Gasteiger partial charge in [0.1, 0.15) is 3.57 Å². The number of nitrogens with zero attached hydrogens (tertiary/aromatic N) is 3. The molecule has 1 N–H and O–H groups in total. The molecule has 0 saturated heterocycles. The molecule has 1 fully saturated rings. The number of halogens is 1. The van der Waals surface area contributed by atoms with Gasteiger partial charge in [0.05, 0.1) is 12.0 Å². The Morgan fingerprint density at radius 1 is 1.50 bits per heavy atom. The Morgan fingerprint density at radius 2 is 2.31 bits per heavy atom. The van der Waals surface area contributed by atoms with Crippen molar-refractivity contribution in [2.45, 2.75) is 18.8 Å². The van der Waals surface area contributed by atoms with Crippen molar-refractivity contribution in [3.8, 4) is 5.82 Å². The van der Waals surface area contributed by atoms with Gasteiger partial charge in [-0.15, -0.1) is 0 Å². The molecule has 6 heteroatoms. The molecule has 0 radical (unpaired) electrons. The molecule has 5 nitrogen and oxygen atoms in total. The van der Waals surface area contributed by atoms with Gasteiger partial charge >= 0.3 is 0 Å². The predicted octanol–water partition coefficient (Wildman–Crippen LogP) is 1.44. The zero-order chi connectivity index (χ0) is 11.1. The van der Waals surface area contributed by atoms with Crippen molar-refractivity contribution in [3.05, 3.63) is 38.2 Å². The molecule has 2 aromatic rings. The fraction of sp³-hybridized carbons (Fsp3) is 0.300. The summed E-state index contributed by atoms with van der Waals surface area (Å²) < 4.78 is 2.23. The van der Waals surface area contributed by atoms with E-state index in [-0.39, 0.29) is 5.56 Å². The second kappa shape index (κ2) is 3.69. The number of rotatable bonds is 2. The van der Waals surface area contributed by atoms with Crippen molar-refractivity contribution in [1.82, 2.24) is 19.7 Å². The minimum absolute atomic E-state index is 0.130. The van der Waals surface area contributed by atoms with Gasteiger partial charge in [0.25, 0.3) is 5.56 Å². The maximum atomic E-state index is 11.4. The summed E-state index contributed by atoms with van der Waals surface area (Å²) in [5, 5.41) is 4.44. The molecular formula is C10H9IN4O. The molecule has 1 aliphatic rings. The summed E-state index contributed by atoms with van der Waals surface area (Å²) in [6.45, 7) is 0. The van der Waals surface area contributed by atoms with Crippen LogP contribution < -0.4 is 5.56 Å². The van der Waals surface area contributed by atoms with Crippen molar-refractivity contribution >= 4 is 22.6 Å². The molecule has 0 bridgehead atoms. The molecule has 1 saturated carbocycles. The molecule has 0 aromatic carbocycles. The van der Waals surface area contributed by atoms with Gasteiger partial charge in [0.15, 0.2) is 5.82 Å². The molecule has 2 heterocycles. The van der Waals surface area contributed by atoms with Crippen LogP contribution in [0.3, 0.4) is 0 Å². The highest BCUT2D eigenvalue weighted by molar-refractivity contribution is 14.1. The summed E-state index contributed by atoms with van der Waals surface area (Å²) in [5.41, 5.74) is 0.965. The SMILES string of the molecule is O=c1[nH]cnc(-n2ccc(C3CC3)n2)c1I. The quantitative estimate of drug-likeness (QED) is 0.849. The number of aromatic nitrogens is 4. The fourth-order valence-electron chi connectivity index (χ4n) is 1.59. The first kappa shape index (κ1) is 10.0. The maximum absolute atomic E-state index is 11.4. The Hall–Kier alpha value is -1.18. The minimum Gasteiger partial charge on any atom is -0.312 e. The van der Waals surface area contributed by atoms with E-state index in [2.05, 4.69) is 15.1 Å². The monoisotopic (exact) mass is 328 g/mol. The molecule has 16 heavy (non-hydrogen) atoms. The van der Waals surface area contributed by atoms with Crippen LogP contribution in [-0.4, -0.2) is 19.7 Å². The average molecular weight is 328 g/mol. The normalized spacial score (nSPS) is 15.3. The third-order valence-corrected chi connectivity index (χ3v) is 3.57. The zero-order valence-corrected chi connectivity index (χ0v) is 10.5. The van der Waals surface area contributed by atoms with E-state index < -0.39 is 0 Å². The summed E-state index contributed by atoms with van der Waals surface area (Å²) in [5.74, 6) is 1.21. The van der Waals surface area contributed by atoms with Crippen molar-refractivity contribution in [1.29, 1.82) is 0 Å². The van der Waals surface area contributed by atoms with Gasteiger partial charge < -0.3 is 4.98 Å². The number of hydrogen-bond donors (Lipinski definition) is 1. The standard InChI is InChI=1S/C10H9IN4O/c11-8-9(12-5-13-10(8)16)15-4-3-7(14-15)6-1-2-6/h3-6H,1-2H2,(H,12,13,16). The number of hydrogen-bond acceptors (Lipinski definition) is 3. The lowest BCUT2D eigenvalue weighted by Crippen LogP contribution is -2.15. The summed E-state index contributed by atoms with van der Waals surface area (Å²) in [7, 11) is 0. The maximum Gasteiger partial charge on any atom is 0.266 e. The second-order valence-electron chi connectivity index (χ2n) is 3.83. The second-order valence-corrected chi connectivity index (χ2v) is 4.91. The van der Waals surface area contributed by atoms with Crippen LogP contribution in [0.25, 0.3) is 5.82 Å². The van der Waals surface area contributed by atoms with E-state index in [1.54, 1.807) is 4.68 Å². The van der Waals surface area contributed by atoms with E-state index >= 15 is 0 Å². The number of aromatic amines is 1. The van der Waals surface area contributed by atoms with E-state index in [0.29, 0.717) is 15.3 Å². The highest BCUT2D eigenvalue weighted by Crippen LogP contribution is 2.38. The van der Waals surface area contributed by atoms with Crippen LogP contribution >= 0.6 is 22.6 Å². The van der Waals surface area contributed by atoms with Gasteiger partial charge in [0, 0.05) is 12.1 Å². The van der Waals surface area contributed by atoms with E-state index in [4.69, 9.17) is 0 Å². The third kappa shape index (κ3) is 1.66. The molecule has 0 unspecified atom stereocenters. The largest absolute Gasteiger partial charge is 0.312 e. The highest BCUT2D eigenvalue weighted by atomic mass is 127. The molecule has 2 aromatic heterocycles. The minimum atomic E-state index is -0.130. The molecule has 1 aliphatic carbocycles. The van der Waals surface area contributed by atoms with Crippen LogP contribution in [0, 0.1) is 3.57 Å². The lowest BCUT2D eigenvalue weighted by atomic mass is 10.3. The first-order valence-corrected chi connectivity index (χ1v) is 6.12. The average Bonchev–Trinajstić information content (AvgIpc) is 3.02. The molecule has 0 amide bonds. The fourth-order valence-corrected chi connectivity index (χ4v) is 2.13. The van der Waals surface area contributed by atoms with Gasteiger partial charge in [0.2, 0.25) is 0 Å². The first-order valence-electron chi connectivity index (χ1n) is 5.05. The summed E-state index contributed by atoms with van der Waals surface area (Å²) >= 11 is 1.98. The molecule has 0 atom stereocenters. The van der Waals surface area contributed by atoms with E-state index in [1.807, 2.05) is 34.9 Å². The Bertz CT molecular complexity index is 585. The topological polar surface area (TPSA) is 63.6 Å². The summed E-state index contributed by atoms with van der Waals surface area (Å²) in [6.07, 6.45) is 5.70. The molecule has 82 valence electrons. The lowest BCUT2D eigenvalue weighted by molar-refractivity contribution is 0.798. The number of nitrogens with one attached hydrogen (secondary N) is 1. The van der Waals surface area contributed by atoms with Gasteiger partial charge in [-0.3, -0.25) is 4.79 Å². The smallest absolute Gasteiger partial charge is 0.266 e. The zero-order valence-electron chi connectivity index (χ0n) is 8.35. The van der Waals surface area contributed by atoms with Crippen LogP contribution in [0.4, 0.5) is 0 Å². The van der Waals surface area contributed by atoms with Crippen molar-refractivity contribution < 1.29 is 0 Å². The molecule has 0 spiro atoms. The van der Waals surface area contributed by atoms with Crippen LogP contribution in [-0.2, 0) is 0 Å². The Labute approximate surface area is 105 Å². The van der Waals surface area contributed by atoms with E-state index in [0.717, 1.165) is 5.69 Å². The Morgan fingerprint density at radius 3 is 3.06 bits per heavy atom. The molecule has 3 rings (SSSR count). The third-order valence-electron chi connectivity index (χ3n) is 2.60. The van der Waals surface area contributed by atoms with Crippen LogP contribution in [0.2, 0.25) is 0 Å². The number of H-pyrrole nitrogens is 1. The summed E-state index contributed by atoms with van der Waals surface area (Å²) in [6, 6.07) is 2.00. The lowest BCUT2D eigenvalue weighted by Gasteiger charge is -2.01. The summed E-state index contributed by atoms with van der Waals surface area (Å²) in [4.78, 5) is 18.1. The van der Waals surface area contributed by atoms with Crippen LogP contribution in [0.5, 0.6) is 0 Å². The van der Waals surface area contributed by atoms with Gasteiger partial charge in [-0.25, -0.2) is 9.67 Å². The van der Waals surface area contributed by atoms with Crippen LogP contribution in [0.1, 0.15) is 24.5 Å².